The minimum atomic E-state index is -1.11. The summed E-state index contributed by atoms with van der Waals surface area (Å²) in [5.41, 5.74) is 1.61. The molecule has 32 heavy (non-hydrogen) atoms. The van der Waals surface area contributed by atoms with Crippen LogP contribution in [0.2, 0.25) is 5.02 Å². The first kappa shape index (κ1) is 23.6. The largest absolute Gasteiger partial charge is 0.611 e. The summed E-state index contributed by atoms with van der Waals surface area (Å²) >= 11 is 4.96. The molecule has 174 valence electrons. The first-order valence-electron chi connectivity index (χ1n) is 11.1. The molecular weight excluding hydrogens is 448 g/mol. The Balaban J connectivity index is 1.58. The van der Waals surface area contributed by atoms with Crippen LogP contribution in [0.15, 0.2) is 29.2 Å². The van der Waals surface area contributed by atoms with Gasteiger partial charge in [0.15, 0.2) is 5.82 Å². The van der Waals surface area contributed by atoms with E-state index in [-0.39, 0.29) is 24.2 Å². The fourth-order valence-corrected chi connectivity index (χ4v) is 5.89. The van der Waals surface area contributed by atoms with E-state index in [1.54, 1.807) is 7.11 Å². The molecule has 2 atom stereocenters. The smallest absolute Gasteiger partial charge is 0.227 e. The van der Waals surface area contributed by atoms with Crippen LogP contribution in [0.1, 0.15) is 37.9 Å². The quantitative estimate of drug-likeness (QED) is 0.589. The lowest BCUT2D eigenvalue weighted by Crippen LogP contribution is -2.44. The number of hydrogen-bond acceptors (Lipinski definition) is 7. The molecule has 9 heteroatoms. The number of nitrogens with one attached hydrogen (secondary N) is 1. The predicted molar refractivity (Wildman–Crippen MR) is 128 cm³/mol. The molecule has 0 amide bonds. The molecule has 2 aliphatic heterocycles. The van der Waals surface area contributed by atoms with Crippen LogP contribution in [-0.4, -0.2) is 58.2 Å². The van der Waals surface area contributed by atoms with Crippen LogP contribution < -0.4 is 10.2 Å². The number of nitrogens with zero attached hydrogens (tertiary/aromatic N) is 3. The number of rotatable bonds is 7. The van der Waals surface area contributed by atoms with Crippen molar-refractivity contribution in [3.8, 4) is 0 Å². The van der Waals surface area contributed by atoms with Crippen molar-refractivity contribution in [2.24, 2.45) is 5.92 Å². The lowest BCUT2D eigenvalue weighted by molar-refractivity contribution is -0.0348. The Morgan fingerprint density at radius 2 is 1.94 bits per heavy atom. The van der Waals surface area contributed by atoms with Gasteiger partial charge >= 0.3 is 0 Å². The molecule has 0 saturated carbocycles. The van der Waals surface area contributed by atoms with E-state index in [9.17, 15) is 9.66 Å². The highest BCUT2D eigenvalue weighted by Gasteiger charge is 2.39. The molecule has 1 unspecified atom stereocenters. The van der Waals surface area contributed by atoms with Crippen LogP contribution in [0.4, 0.5) is 11.8 Å². The standard InChI is InChI=1S/C23H31ClN4O3S/c1-15(2)19(14-29)25-21-20-18(8-13-32(20)30)26-22(27-21)28-11-9-23(31-3,10-12-28)16-4-6-17(24)7-5-16/h4-7,15,19,29H,8-14H2,1-3H3,(H,25,26,27)/t19-,32?/m0/s1. The maximum atomic E-state index is 12.6. The van der Waals surface area contributed by atoms with E-state index in [1.807, 2.05) is 38.1 Å². The monoisotopic (exact) mass is 478 g/mol. The molecule has 0 bridgehead atoms. The Morgan fingerprint density at radius 1 is 1.25 bits per heavy atom. The van der Waals surface area contributed by atoms with Crippen LogP contribution in [0.3, 0.4) is 0 Å². The number of halogens is 1. The number of benzene rings is 1. The number of piperidine rings is 1. The van der Waals surface area contributed by atoms with Gasteiger partial charge in [-0.15, -0.1) is 0 Å². The van der Waals surface area contributed by atoms with Crippen molar-refractivity contribution in [1.82, 2.24) is 9.97 Å². The summed E-state index contributed by atoms with van der Waals surface area (Å²) in [6.45, 7) is 5.55. The van der Waals surface area contributed by atoms with Gasteiger partial charge in [0.25, 0.3) is 0 Å². The minimum absolute atomic E-state index is 0.0143. The highest BCUT2D eigenvalue weighted by molar-refractivity contribution is 7.91. The summed E-state index contributed by atoms with van der Waals surface area (Å²) in [7, 11) is 1.76. The zero-order chi connectivity index (χ0) is 22.9. The second-order valence-corrected chi connectivity index (χ2v) is 10.8. The summed E-state index contributed by atoms with van der Waals surface area (Å²) in [6, 6.07) is 7.71. The molecule has 0 radical (unpaired) electrons. The van der Waals surface area contributed by atoms with E-state index in [0.717, 1.165) is 37.2 Å². The topological polar surface area (TPSA) is 93.6 Å². The van der Waals surface area contributed by atoms with Crippen molar-refractivity contribution < 1.29 is 14.4 Å². The van der Waals surface area contributed by atoms with Crippen molar-refractivity contribution in [3.63, 3.8) is 0 Å². The van der Waals surface area contributed by atoms with Gasteiger partial charge in [0.05, 0.1) is 18.2 Å². The van der Waals surface area contributed by atoms with Gasteiger partial charge in [-0.25, -0.2) is 4.98 Å². The molecule has 1 aromatic carbocycles. The molecule has 1 fully saturated rings. The molecule has 0 aliphatic carbocycles. The summed E-state index contributed by atoms with van der Waals surface area (Å²) in [5.74, 6) is 2.01. The third kappa shape index (κ3) is 4.56. The Kier molecular flexibility index (Phi) is 7.17. The SMILES string of the molecule is COC1(c2ccc(Cl)cc2)CCN(c2nc3c(c(N[C@@H](CO)C(C)C)n2)[S+]([O-])CC3)CC1. The van der Waals surface area contributed by atoms with E-state index in [0.29, 0.717) is 33.9 Å². The minimum Gasteiger partial charge on any atom is -0.611 e. The normalized spacial score (nSPS) is 21.0. The van der Waals surface area contributed by atoms with Gasteiger partial charge in [-0.3, -0.25) is 0 Å². The maximum Gasteiger partial charge on any atom is 0.227 e. The lowest BCUT2D eigenvalue weighted by Gasteiger charge is -2.41. The molecule has 2 aliphatic rings. The van der Waals surface area contributed by atoms with Gasteiger partial charge in [-0.2, -0.15) is 4.98 Å². The van der Waals surface area contributed by atoms with Crippen LogP contribution in [-0.2, 0) is 27.9 Å². The summed E-state index contributed by atoms with van der Waals surface area (Å²) < 4.78 is 18.6. The van der Waals surface area contributed by atoms with Crippen molar-refractivity contribution in [2.45, 2.75) is 49.6 Å². The van der Waals surface area contributed by atoms with Crippen molar-refractivity contribution >= 4 is 34.5 Å². The number of aromatic nitrogens is 2. The Morgan fingerprint density at radius 3 is 2.53 bits per heavy atom. The van der Waals surface area contributed by atoms with E-state index < -0.39 is 11.2 Å². The maximum absolute atomic E-state index is 12.6. The molecule has 3 heterocycles. The fourth-order valence-electron chi connectivity index (χ4n) is 4.45. The Labute approximate surface area is 197 Å². The molecule has 2 N–H and O–H groups in total. The Bertz CT molecular complexity index is 936. The molecular formula is C23H31ClN4O3S. The summed E-state index contributed by atoms with van der Waals surface area (Å²) in [5, 5.41) is 13.8. The van der Waals surface area contributed by atoms with E-state index in [2.05, 4.69) is 10.2 Å². The number of aliphatic hydroxyl groups is 1. The van der Waals surface area contributed by atoms with E-state index >= 15 is 0 Å². The predicted octanol–water partition coefficient (Wildman–Crippen LogP) is 3.36. The van der Waals surface area contributed by atoms with E-state index in [1.165, 1.54) is 0 Å². The molecule has 7 nitrogen and oxygen atoms in total. The fraction of sp³-hybridized carbons (Fsp3) is 0.565. The van der Waals surface area contributed by atoms with Gasteiger partial charge in [0, 0.05) is 31.6 Å². The molecule has 0 spiro atoms. The summed E-state index contributed by atoms with van der Waals surface area (Å²) in [6.07, 6.45) is 2.27. The molecule has 4 rings (SSSR count). The third-order valence-corrected chi connectivity index (χ3v) is 8.33. The highest BCUT2D eigenvalue weighted by Crippen LogP contribution is 2.39. The first-order valence-corrected chi connectivity index (χ1v) is 12.8. The molecule has 2 aromatic rings. The van der Waals surface area contributed by atoms with E-state index in [4.69, 9.17) is 26.3 Å². The number of anilines is 2. The van der Waals surface area contributed by atoms with Crippen molar-refractivity contribution in [1.29, 1.82) is 0 Å². The van der Waals surface area contributed by atoms with Crippen molar-refractivity contribution in [2.75, 3.05) is 42.8 Å². The van der Waals surface area contributed by atoms with Crippen LogP contribution in [0.5, 0.6) is 0 Å². The van der Waals surface area contributed by atoms with Crippen molar-refractivity contribution in [3.05, 3.63) is 40.5 Å². The van der Waals surface area contributed by atoms with Crippen LogP contribution in [0.25, 0.3) is 0 Å². The molecule has 1 aromatic heterocycles. The number of ether oxygens (including phenoxy) is 1. The summed E-state index contributed by atoms with van der Waals surface area (Å²) in [4.78, 5) is 12.4. The van der Waals surface area contributed by atoms with Crippen LogP contribution >= 0.6 is 11.6 Å². The average molecular weight is 479 g/mol. The third-order valence-electron chi connectivity index (χ3n) is 6.61. The number of aliphatic hydroxyl groups excluding tert-OH is 1. The first-order chi connectivity index (χ1) is 15.4. The number of fused-ring (bicyclic) bond motifs is 1. The lowest BCUT2D eigenvalue weighted by atomic mass is 9.84. The zero-order valence-electron chi connectivity index (χ0n) is 18.8. The second-order valence-electron chi connectivity index (χ2n) is 8.82. The van der Waals surface area contributed by atoms with Gasteiger partial charge < -0.3 is 24.6 Å². The number of aryl methyl sites for hydroxylation is 1. The average Bonchev–Trinajstić information content (AvgIpc) is 3.18. The van der Waals surface area contributed by atoms with Gasteiger partial charge in [0.2, 0.25) is 10.8 Å². The van der Waals surface area contributed by atoms with Gasteiger partial charge in [0.1, 0.15) is 11.4 Å². The van der Waals surface area contributed by atoms with Gasteiger partial charge in [-0.05, 0) is 47.6 Å². The number of hydrogen-bond donors (Lipinski definition) is 2. The van der Waals surface area contributed by atoms with Gasteiger partial charge in [-0.1, -0.05) is 37.6 Å². The zero-order valence-corrected chi connectivity index (χ0v) is 20.4. The Hall–Kier alpha value is -1.58. The number of methoxy groups -OCH3 is 1. The molecule has 1 saturated heterocycles. The van der Waals surface area contributed by atoms with Crippen LogP contribution in [0, 0.1) is 5.92 Å². The second kappa shape index (κ2) is 9.73. The highest BCUT2D eigenvalue weighted by atomic mass is 35.5.